The first-order valence-electron chi connectivity index (χ1n) is 8.28. The molecule has 124 valence electrons. The van der Waals surface area contributed by atoms with Crippen molar-refractivity contribution >= 4 is 11.4 Å². The molecule has 1 aromatic rings. The van der Waals surface area contributed by atoms with E-state index in [9.17, 15) is 20.2 Å². The van der Waals surface area contributed by atoms with Crippen LogP contribution in [-0.2, 0) is 11.3 Å². The number of allylic oxidation sites excluding steroid dienone is 2. The molecule has 7 atom stereocenters. The van der Waals surface area contributed by atoms with Crippen LogP contribution in [0.2, 0.25) is 0 Å². The number of hydrogen-bond donors (Lipinski definition) is 0. The fraction of sp³-hybridized carbons (Fsp3) is 0.529. The summed E-state index contributed by atoms with van der Waals surface area (Å²) >= 11 is 0. The Bertz CT molecular complexity index is 791. The van der Waals surface area contributed by atoms with Gasteiger partial charge in [-0.1, -0.05) is 12.2 Å². The van der Waals surface area contributed by atoms with E-state index in [1.54, 1.807) is 0 Å². The summed E-state index contributed by atoms with van der Waals surface area (Å²) in [5.74, 6) is 4.28. The predicted molar refractivity (Wildman–Crippen MR) is 83.0 cm³/mol. The first-order chi connectivity index (χ1) is 11.6. The van der Waals surface area contributed by atoms with Gasteiger partial charge in [0.15, 0.2) is 0 Å². The number of nitro benzene ring substituents is 2. The molecule has 5 rings (SSSR count). The van der Waals surface area contributed by atoms with Crippen molar-refractivity contribution in [3.63, 3.8) is 0 Å². The fourth-order valence-corrected chi connectivity index (χ4v) is 5.71. The van der Waals surface area contributed by atoms with Crippen LogP contribution in [0.5, 0.6) is 0 Å². The van der Waals surface area contributed by atoms with E-state index >= 15 is 0 Å². The Morgan fingerprint density at radius 3 is 2.58 bits per heavy atom. The summed E-state index contributed by atoms with van der Waals surface area (Å²) in [6.07, 6.45) is 5.90. The Morgan fingerprint density at radius 2 is 1.83 bits per heavy atom. The lowest BCUT2D eigenvalue weighted by atomic mass is 9.44. The Kier molecular flexibility index (Phi) is 2.72. The maximum atomic E-state index is 11.2. The van der Waals surface area contributed by atoms with Gasteiger partial charge in [0.05, 0.1) is 34.2 Å². The van der Waals surface area contributed by atoms with Crippen molar-refractivity contribution in [1.82, 2.24) is 0 Å². The highest BCUT2D eigenvalue weighted by molar-refractivity contribution is 5.48. The van der Waals surface area contributed by atoms with E-state index < -0.39 is 9.85 Å². The molecule has 0 unspecified atom stereocenters. The Morgan fingerprint density at radius 1 is 1.04 bits per heavy atom. The maximum Gasteiger partial charge on any atom is 0.281 e. The number of nitrogens with zero attached hydrogens (tertiary/aromatic N) is 2. The molecule has 0 aromatic heterocycles. The highest BCUT2D eigenvalue weighted by atomic mass is 16.6. The lowest BCUT2D eigenvalue weighted by molar-refractivity contribution is -0.394. The van der Waals surface area contributed by atoms with Gasteiger partial charge in [0, 0.05) is 6.07 Å². The van der Waals surface area contributed by atoms with E-state index in [4.69, 9.17) is 4.74 Å². The summed E-state index contributed by atoms with van der Waals surface area (Å²) in [5.41, 5.74) is -0.104. The van der Waals surface area contributed by atoms with Crippen molar-refractivity contribution in [1.29, 1.82) is 0 Å². The quantitative estimate of drug-likeness (QED) is 0.470. The van der Waals surface area contributed by atoms with Crippen LogP contribution in [-0.4, -0.2) is 16.0 Å². The van der Waals surface area contributed by atoms with Gasteiger partial charge < -0.3 is 4.74 Å². The fourth-order valence-electron chi connectivity index (χ4n) is 5.71. The van der Waals surface area contributed by atoms with Crippen molar-refractivity contribution in [2.75, 3.05) is 0 Å². The average molecular weight is 328 g/mol. The number of nitro groups is 2. The van der Waals surface area contributed by atoms with E-state index in [1.165, 1.54) is 12.1 Å². The Balaban J connectivity index is 1.33. The zero-order valence-electron chi connectivity index (χ0n) is 12.8. The minimum Gasteiger partial charge on any atom is -0.373 e. The number of rotatable bonds is 5. The van der Waals surface area contributed by atoms with E-state index in [0.29, 0.717) is 17.4 Å². The molecule has 0 N–H and O–H groups in total. The summed E-state index contributed by atoms with van der Waals surface area (Å²) < 4.78 is 6.06. The second-order valence-corrected chi connectivity index (χ2v) is 7.35. The van der Waals surface area contributed by atoms with E-state index in [2.05, 4.69) is 12.2 Å². The van der Waals surface area contributed by atoms with Gasteiger partial charge >= 0.3 is 0 Å². The number of benzene rings is 1. The molecule has 0 aliphatic heterocycles. The largest absolute Gasteiger partial charge is 0.373 e. The molecular weight excluding hydrogens is 312 g/mol. The molecule has 24 heavy (non-hydrogen) atoms. The first-order valence-corrected chi connectivity index (χ1v) is 8.28. The van der Waals surface area contributed by atoms with Gasteiger partial charge in [-0.25, -0.2) is 0 Å². The zero-order chi connectivity index (χ0) is 16.6. The minimum atomic E-state index is -0.621. The molecule has 7 heteroatoms. The van der Waals surface area contributed by atoms with Crippen molar-refractivity contribution < 1.29 is 14.6 Å². The van der Waals surface area contributed by atoms with E-state index in [1.807, 2.05) is 0 Å². The monoisotopic (exact) mass is 328 g/mol. The van der Waals surface area contributed by atoms with Gasteiger partial charge in [-0.3, -0.25) is 20.2 Å². The van der Waals surface area contributed by atoms with Gasteiger partial charge in [0.2, 0.25) is 0 Å². The molecule has 4 aliphatic rings. The second-order valence-electron chi connectivity index (χ2n) is 7.35. The smallest absolute Gasteiger partial charge is 0.281 e. The number of ether oxygens (including phenoxy) is 1. The molecule has 4 aliphatic carbocycles. The molecule has 0 spiro atoms. The highest BCUT2D eigenvalue weighted by Gasteiger charge is 2.72. The van der Waals surface area contributed by atoms with Crippen LogP contribution >= 0.6 is 0 Å². The summed E-state index contributed by atoms with van der Waals surface area (Å²) in [6.45, 7) is 0.140. The lowest BCUT2D eigenvalue weighted by Crippen LogP contribution is -2.57. The van der Waals surface area contributed by atoms with Crippen molar-refractivity contribution in [3.8, 4) is 0 Å². The molecule has 3 saturated carbocycles. The third-order valence-corrected chi connectivity index (χ3v) is 6.63. The van der Waals surface area contributed by atoms with Crippen LogP contribution in [0.4, 0.5) is 11.4 Å². The van der Waals surface area contributed by atoms with Crippen LogP contribution in [0.15, 0.2) is 30.4 Å². The SMILES string of the molecule is O=[N+]([O-])c1ccc(CO[C@@H]2C[C@@H]3[C@@H]4C=C[C@@H]5[C@@H]4[C@H]3[C@H]52)c([N+](=O)[O-])c1. The summed E-state index contributed by atoms with van der Waals surface area (Å²) in [4.78, 5) is 20.8. The van der Waals surface area contributed by atoms with Gasteiger partial charge in [0.25, 0.3) is 11.4 Å². The van der Waals surface area contributed by atoms with Gasteiger partial charge in [-0.05, 0) is 48.0 Å². The molecule has 0 radical (unpaired) electrons. The third kappa shape index (κ3) is 1.65. The van der Waals surface area contributed by atoms with Gasteiger partial charge in [0.1, 0.15) is 0 Å². The molecule has 0 saturated heterocycles. The lowest BCUT2D eigenvalue weighted by Gasteiger charge is -2.60. The minimum absolute atomic E-state index is 0.140. The predicted octanol–water partition coefficient (Wildman–Crippen LogP) is 3.09. The van der Waals surface area contributed by atoms with Crippen LogP contribution in [0, 0.1) is 55.7 Å². The maximum absolute atomic E-state index is 11.2. The van der Waals surface area contributed by atoms with Crippen LogP contribution in [0.25, 0.3) is 0 Å². The molecular formula is C17H16N2O5. The molecule has 0 bridgehead atoms. The molecule has 3 fully saturated rings. The molecule has 0 heterocycles. The van der Waals surface area contributed by atoms with Crippen molar-refractivity contribution in [2.24, 2.45) is 35.5 Å². The summed E-state index contributed by atoms with van der Waals surface area (Å²) in [5, 5.41) is 22.0. The number of hydrogen-bond acceptors (Lipinski definition) is 5. The standard InChI is InChI=1S/C17H16N2O5/c20-18(21)9-2-1-8(13(5-9)19(22)23)7-24-14-6-12-10-3-4-11-15(10)17(12)16(11)14/h1-5,10-12,14-17H,6-7H2/t10-,11+,12+,14+,15+,16+,17-/m0/s1. The number of non-ortho nitro benzene ring substituents is 1. The normalized spacial score (nSPS) is 39.9. The van der Waals surface area contributed by atoms with Crippen molar-refractivity contribution in [2.45, 2.75) is 19.1 Å². The van der Waals surface area contributed by atoms with Crippen LogP contribution in [0.1, 0.15) is 12.0 Å². The van der Waals surface area contributed by atoms with Crippen LogP contribution in [0.3, 0.4) is 0 Å². The first kappa shape index (κ1) is 14.1. The topological polar surface area (TPSA) is 95.5 Å². The zero-order valence-corrected chi connectivity index (χ0v) is 12.8. The number of fused-ring (bicyclic) bond motifs is 2. The Hall–Kier alpha value is -2.28. The molecule has 1 aromatic carbocycles. The highest BCUT2D eigenvalue weighted by Crippen LogP contribution is 2.75. The molecule has 7 nitrogen and oxygen atoms in total. The second kappa shape index (κ2) is 4.63. The third-order valence-electron chi connectivity index (χ3n) is 6.63. The van der Waals surface area contributed by atoms with Crippen LogP contribution < -0.4 is 0 Å². The Labute approximate surface area is 137 Å². The van der Waals surface area contributed by atoms with Gasteiger partial charge in [-0.15, -0.1) is 0 Å². The summed E-state index contributed by atoms with van der Waals surface area (Å²) in [7, 11) is 0. The van der Waals surface area contributed by atoms with Gasteiger partial charge in [-0.2, -0.15) is 0 Å². The van der Waals surface area contributed by atoms with Crippen molar-refractivity contribution in [3.05, 3.63) is 56.1 Å². The van der Waals surface area contributed by atoms with E-state index in [0.717, 1.165) is 36.2 Å². The summed E-state index contributed by atoms with van der Waals surface area (Å²) in [6, 6.07) is 3.75. The van der Waals surface area contributed by atoms with E-state index in [-0.39, 0.29) is 24.1 Å². The molecule has 0 amide bonds. The average Bonchev–Trinajstić information content (AvgIpc) is 2.81.